The van der Waals surface area contributed by atoms with Crippen molar-refractivity contribution < 1.29 is 14.3 Å². The molecule has 1 amide bonds. The van der Waals surface area contributed by atoms with Crippen LogP contribution in [0.1, 0.15) is 38.2 Å². The Morgan fingerprint density at radius 2 is 1.90 bits per heavy atom. The number of carbonyl (C=O) groups is 1. The Kier molecular flexibility index (Phi) is 7.34. The minimum absolute atomic E-state index is 0.0761. The van der Waals surface area contributed by atoms with Gasteiger partial charge in [-0.15, -0.1) is 0 Å². The summed E-state index contributed by atoms with van der Waals surface area (Å²) in [6, 6.07) is 9.26. The average molecular weight is 571 g/mol. The summed E-state index contributed by atoms with van der Waals surface area (Å²) >= 11 is 0. The molecule has 0 radical (unpaired) electrons. The normalized spacial score (nSPS) is 24.7. The van der Waals surface area contributed by atoms with Gasteiger partial charge in [-0.25, -0.2) is 4.52 Å². The fraction of sp³-hybridized carbons (Fsp3) is 0.562. The molecule has 3 saturated heterocycles. The molecule has 1 saturated carbocycles. The van der Waals surface area contributed by atoms with Gasteiger partial charge in [0.15, 0.2) is 0 Å². The zero-order valence-corrected chi connectivity index (χ0v) is 24.4. The molecule has 7 rings (SSSR count). The van der Waals surface area contributed by atoms with E-state index in [0.717, 1.165) is 106 Å². The third-order valence-corrected chi connectivity index (χ3v) is 9.84. The Balaban J connectivity index is 1.04. The molecule has 0 N–H and O–H groups in total. The van der Waals surface area contributed by atoms with E-state index in [0.29, 0.717) is 12.6 Å². The van der Waals surface area contributed by atoms with E-state index in [1.807, 2.05) is 28.0 Å². The van der Waals surface area contributed by atoms with E-state index in [1.54, 1.807) is 0 Å². The summed E-state index contributed by atoms with van der Waals surface area (Å²) < 4.78 is 13.8. The summed E-state index contributed by atoms with van der Waals surface area (Å²) in [7, 11) is 0. The van der Waals surface area contributed by atoms with Gasteiger partial charge >= 0.3 is 0 Å². The zero-order chi connectivity index (χ0) is 28.7. The molecule has 220 valence electrons. The number of rotatable bonds is 7. The number of aromatic nitrogens is 3. The van der Waals surface area contributed by atoms with Gasteiger partial charge in [0, 0.05) is 88.4 Å². The molecule has 0 aromatic carbocycles. The summed E-state index contributed by atoms with van der Waals surface area (Å²) in [6.45, 7) is 14.9. The molecule has 0 spiro atoms. The van der Waals surface area contributed by atoms with Crippen molar-refractivity contribution in [3.05, 3.63) is 53.3 Å². The highest BCUT2D eigenvalue weighted by molar-refractivity contribution is 5.81. The average Bonchev–Trinajstić information content (AvgIpc) is 3.42. The topological polar surface area (TPSA) is 79.8 Å². The van der Waals surface area contributed by atoms with Gasteiger partial charge in [-0.05, 0) is 38.0 Å². The molecule has 4 aliphatic rings. The van der Waals surface area contributed by atoms with Crippen LogP contribution in [0.3, 0.4) is 0 Å². The van der Waals surface area contributed by atoms with Gasteiger partial charge < -0.3 is 19.3 Å². The van der Waals surface area contributed by atoms with Crippen LogP contribution in [-0.4, -0.2) is 101 Å². The number of amides is 1. The van der Waals surface area contributed by atoms with Gasteiger partial charge in [-0.1, -0.05) is 10.9 Å². The van der Waals surface area contributed by atoms with E-state index >= 15 is 0 Å². The lowest BCUT2D eigenvalue weighted by Crippen LogP contribution is -2.54. The van der Waals surface area contributed by atoms with E-state index in [4.69, 9.17) is 21.0 Å². The Hall–Kier alpha value is -3.52. The van der Waals surface area contributed by atoms with Crippen LogP contribution in [0.25, 0.3) is 21.6 Å². The molecule has 6 heterocycles. The van der Waals surface area contributed by atoms with Crippen molar-refractivity contribution in [2.75, 3.05) is 64.0 Å². The first-order chi connectivity index (χ1) is 20.6. The molecule has 0 atom stereocenters. The Labute approximate surface area is 247 Å². The van der Waals surface area contributed by atoms with E-state index in [-0.39, 0.29) is 23.5 Å². The molecule has 42 heavy (non-hydrogen) atoms. The second-order valence-electron chi connectivity index (χ2n) is 12.1. The summed E-state index contributed by atoms with van der Waals surface area (Å²) in [4.78, 5) is 28.5. The van der Waals surface area contributed by atoms with Crippen molar-refractivity contribution in [1.29, 1.82) is 0 Å². The van der Waals surface area contributed by atoms with E-state index < -0.39 is 0 Å². The van der Waals surface area contributed by atoms with Gasteiger partial charge in [-0.2, -0.15) is 5.10 Å². The van der Waals surface area contributed by atoms with Crippen molar-refractivity contribution in [1.82, 2.24) is 24.4 Å². The minimum Gasteiger partial charge on any atom is -0.378 e. The zero-order valence-electron chi connectivity index (χ0n) is 24.4. The van der Waals surface area contributed by atoms with Gasteiger partial charge in [0.05, 0.1) is 47.7 Å². The van der Waals surface area contributed by atoms with Crippen molar-refractivity contribution in [2.24, 2.45) is 5.92 Å². The third kappa shape index (κ3) is 4.93. The van der Waals surface area contributed by atoms with Crippen LogP contribution in [-0.2, 0) is 19.9 Å². The fourth-order valence-corrected chi connectivity index (χ4v) is 7.06. The first-order valence-corrected chi connectivity index (χ1v) is 15.4. The largest absolute Gasteiger partial charge is 0.378 e. The van der Waals surface area contributed by atoms with Crippen LogP contribution in [0.5, 0.6) is 0 Å². The maximum Gasteiger partial charge on any atom is 0.273 e. The van der Waals surface area contributed by atoms with Crippen LogP contribution >= 0.6 is 0 Å². The van der Waals surface area contributed by atoms with Crippen molar-refractivity contribution in [2.45, 2.75) is 50.3 Å². The second-order valence-corrected chi connectivity index (χ2v) is 12.1. The van der Waals surface area contributed by atoms with Gasteiger partial charge in [0.25, 0.3) is 12.6 Å². The molecule has 1 aliphatic carbocycles. The van der Waals surface area contributed by atoms with E-state index in [9.17, 15) is 4.79 Å². The summed E-state index contributed by atoms with van der Waals surface area (Å²) in [5, 5.41) is 4.59. The number of ether oxygens (including phenoxy) is 2. The molecular formula is C32H40N7O3+. The predicted octanol–water partition coefficient (Wildman–Crippen LogP) is 3.51. The number of anilines is 1. The first kappa shape index (κ1) is 27.3. The summed E-state index contributed by atoms with van der Waals surface area (Å²) in [5.74, 6) is 0.325. The third-order valence-electron chi connectivity index (χ3n) is 9.84. The van der Waals surface area contributed by atoms with Crippen LogP contribution < -0.4 is 4.90 Å². The van der Waals surface area contributed by atoms with Crippen molar-refractivity contribution in [3.8, 4) is 17.8 Å². The van der Waals surface area contributed by atoms with Crippen LogP contribution in [0, 0.1) is 12.5 Å². The van der Waals surface area contributed by atoms with Gasteiger partial charge in [0.2, 0.25) is 5.91 Å². The lowest BCUT2D eigenvalue weighted by Gasteiger charge is -2.46. The number of nitrogens with zero attached hydrogens (tertiary/aromatic N) is 7. The van der Waals surface area contributed by atoms with E-state index in [2.05, 4.69) is 50.9 Å². The Bertz CT molecular complexity index is 1460. The molecule has 0 unspecified atom stereocenters. The van der Waals surface area contributed by atoms with Gasteiger partial charge in [-0.3, -0.25) is 14.7 Å². The molecule has 10 nitrogen and oxygen atoms in total. The highest BCUT2D eigenvalue weighted by Gasteiger charge is 2.43. The number of hydrogen-bond acceptors (Lipinski definition) is 7. The number of piperazine rings is 1. The Morgan fingerprint density at radius 1 is 1.12 bits per heavy atom. The molecule has 3 aliphatic heterocycles. The number of likely N-dealkylation sites (tertiary alicyclic amines) is 1. The fourth-order valence-electron chi connectivity index (χ4n) is 7.06. The monoisotopic (exact) mass is 570 g/mol. The molecule has 0 bridgehead atoms. The van der Waals surface area contributed by atoms with Crippen LogP contribution in [0.2, 0.25) is 0 Å². The Morgan fingerprint density at radius 3 is 2.55 bits per heavy atom. The van der Waals surface area contributed by atoms with Crippen LogP contribution in [0.15, 0.2) is 42.9 Å². The highest BCUT2D eigenvalue weighted by atomic mass is 16.5. The number of carbonyl (C=O) groups excluding carboxylic acids is 1. The number of hydrogen-bond donors (Lipinski definition) is 0. The summed E-state index contributed by atoms with van der Waals surface area (Å²) in [5.41, 5.74) is 5.00. The van der Waals surface area contributed by atoms with Crippen molar-refractivity contribution in [3.63, 3.8) is 0 Å². The lowest BCUT2D eigenvalue weighted by molar-refractivity contribution is -0.138. The number of fused-ring (bicyclic) bond motifs is 1. The molecule has 4 fully saturated rings. The molecular weight excluding hydrogens is 530 g/mol. The summed E-state index contributed by atoms with van der Waals surface area (Å²) in [6.07, 6.45) is 9.39. The number of piperidine rings is 1. The maximum atomic E-state index is 12.9. The number of pyridine rings is 1. The predicted molar refractivity (Wildman–Crippen MR) is 161 cm³/mol. The highest BCUT2D eigenvalue weighted by Crippen LogP contribution is 2.38. The smallest absolute Gasteiger partial charge is 0.273 e. The first-order valence-electron chi connectivity index (χ1n) is 15.4. The van der Waals surface area contributed by atoms with Crippen LogP contribution in [0.4, 0.5) is 5.69 Å². The molecule has 3 aromatic heterocycles. The quantitative estimate of drug-likeness (QED) is 0.430. The van der Waals surface area contributed by atoms with Crippen molar-refractivity contribution >= 4 is 17.1 Å². The molecule has 10 heteroatoms. The lowest BCUT2D eigenvalue weighted by atomic mass is 9.79. The van der Waals surface area contributed by atoms with Gasteiger partial charge in [0.1, 0.15) is 0 Å². The second kappa shape index (κ2) is 11.3. The standard InChI is InChI=1S/C32H40N7O3/c1-3-42-32(7-10-36(11-8-32)27-21-41-22-27)25-4-5-28(34-19-25)24-18-30-29(6-9-35-39(30)20-24)37-12-14-38(15-13-37)31(40)23-16-26(17-23)33-2/h2,4-6,9,18-20,23,26-27H,3,7-8,10-17,21-22H2,1H3/q+1/t23-,26-. The molecule has 3 aromatic rings. The van der Waals surface area contributed by atoms with E-state index in [1.165, 1.54) is 0 Å². The minimum atomic E-state index is -0.286. The SMILES string of the molecule is C#[N+][C@H]1C[C@H](C(=O)N2CCN(c3ccnn4cc(-c5ccc(C6(OCC)CCN(C7COC7)CC6)cn5)cc34)CC2)C1. The maximum absolute atomic E-state index is 12.9.